The lowest BCUT2D eigenvalue weighted by atomic mass is 9.87. The summed E-state index contributed by atoms with van der Waals surface area (Å²) in [6, 6.07) is 0. The maximum Gasteiger partial charge on any atom is 0.273 e. The molecule has 5 nitrogen and oxygen atoms in total. The number of nitrogens with zero attached hydrogens (tertiary/aromatic N) is 1. The topological polar surface area (TPSA) is 67.2 Å². The molecule has 0 spiro atoms. The van der Waals surface area contributed by atoms with E-state index in [4.69, 9.17) is 4.52 Å². The molecule has 19 heavy (non-hydrogen) atoms. The summed E-state index contributed by atoms with van der Waals surface area (Å²) < 4.78 is 5.15. The van der Waals surface area contributed by atoms with Gasteiger partial charge in [0.1, 0.15) is 5.76 Å². The number of aryl methyl sites for hydroxylation is 1. The average molecular weight is 267 g/mol. The Labute approximate surface area is 115 Å². The van der Waals surface area contributed by atoms with Crippen LogP contribution >= 0.6 is 0 Å². The quantitative estimate of drug-likeness (QED) is 0.792. The van der Waals surface area contributed by atoms with Crippen LogP contribution < -0.4 is 10.6 Å². The van der Waals surface area contributed by atoms with Gasteiger partial charge < -0.3 is 15.2 Å². The van der Waals surface area contributed by atoms with Gasteiger partial charge in [0.05, 0.1) is 0 Å². The van der Waals surface area contributed by atoms with Crippen molar-refractivity contribution in [3.05, 3.63) is 17.0 Å². The van der Waals surface area contributed by atoms with Gasteiger partial charge in [0.2, 0.25) is 0 Å². The Morgan fingerprint density at radius 1 is 1.37 bits per heavy atom. The van der Waals surface area contributed by atoms with Crippen LogP contribution in [-0.4, -0.2) is 31.2 Å². The first-order chi connectivity index (χ1) is 8.97. The van der Waals surface area contributed by atoms with Crippen LogP contribution in [0.2, 0.25) is 0 Å². The van der Waals surface area contributed by atoms with E-state index < -0.39 is 0 Å². The van der Waals surface area contributed by atoms with E-state index in [-0.39, 0.29) is 11.3 Å². The third-order valence-electron chi connectivity index (χ3n) is 3.69. The number of rotatable bonds is 7. The van der Waals surface area contributed by atoms with Crippen molar-refractivity contribution in [2.75, 3.05) is 20.1 Å². The van der Waals surface area contributed by atoms with Crippen LogP contribution in [0.5, 0.6) is 0 Å². The Balaban J connectivity index is 2.67. The molecular weight excluding hydrogens is 242 g/mol. The fourth-order valence-electron chi connectivity index (χ4n) is 2.03. The van der Waals surface area contributed by atoms with Gasteiger partial charge in [-0.3, -0.25) is 4.79 Å². The predicted molar refractivity (Wildman–Crippen MR) is 75.3 cm³/mol. The Bertz CT molecular complexity index is 428. The average Bonchev–Trinajstić information content (AvgIpc) is 2.77. The molecule has 2 N–H and O–H groups in total. The van der Waals surface area contributed by atoms with E-state index in [1.54, 1.807) is 0 Å². The number of carbonyl (C=O) groups excluding carboxylic acids is 1. The Morgan fingerprint density at radius 3 is 2.53 bits per heavy atom. The highest BCUT2D eigenvalue weighted by Gasteiger charge is 2.24. The van der Waals surface area contributed by atoms with E-state index in [1.807, 2.05) is 20.9 Å². The van der Waals surface area contributed by atoms with Crippen molar-refractivity contribution in [1.82, 2.24) is 15.8 Å². The van der Waals surface area contributed by atoms with Gasteiger partial charge in [-0.15, -0.1) is 0 Å². The van der Waals surface area contributed by atoms with Crippen molar-refractivity contribution < 1.29 is 9.32 Å². The Hall–Kier alpha value is -1.36. The first kappa shape index (κ1) is 15.7. The van der Waals surface area contributed by atoms with Crippen molar-refractivity contribution in [3.8, 4) is 0 Å². The van der Waals surface area contributed by atoms with Crippen LogP contribution in [0.15, 0.2) is 4.52 Å². The summed E-state index contributed by atoms with van der Waals surface area (Å²) in [5.74, 6) is 0.621. The van der Waals surface area contributed by atoms with Crippen LogP contribution in [0, 0.1) is 12.3 Å². The van der Waals surface area contributed by atoms with Gasteiger partial charge in [-0.05, 0) is 25.8 Å². The highest BCUT2D eigenvalue weighted by atomic mass is 16.5. The molecule has 0 aliphatic rings. The molecule has 1 amide bonds. The Kier molecular flexibility index (Phi) is 5.54. The molecule has 108 valence electrons. The lowest BCUT2D eigenvalue weighted by molar-refractivity contribution is 0.0922. The molecule has 1 rings (SSSR count). The lowest BCUT2D eigenvalue weighted by Crippen LogP contribution is -2.41. The zero-order valence-electron chi connectivity index (χ0n) is 12.6. The summed E-state index contributed by atoms with van der Waals surface area (Å²) in [7, 11) is 1.92. The molecule has 1 unspecified atom stereocenters. The van der Waals surface area contributed by atoms with Crippen LogP contribution in [0.25, 0.3) is 0 Å². The highest BCUT2D eigenvalue weighted by molar-refractivity contribution is 5.93. The number of nitrogens with one attached hydrogen (secondary N) is 2. The number of aromatic nitrogens is 1. The SMILES string of the molecule is CCc1onc(C(=O)NCC(C)(CC)CNC)c1C. The molecule has 0 saturated heterocycles. The third-order valence-corrected chi connectivity index (χ3v) is 3.69. The second-order valence-corrected chi connectivity index (χ2v) is 5.31. The van der Waals surface area contributed by atoms with Gasteiger partial charge in [-0.1, -0.05) is 25.9 Å². The molecular formula is C14H25N3O2. The maximum atomic E-state index is 12.1. The van der Waals surface area contributed by atoms with Crippen LogP contribution in [-0.2, 0) is 6.42 Å². The monoisotopic (exact) mass is 267 g/mol. The van der Waals surface area contributed by atoms with Crippen molar-refractivity contribution in [1.29, 1.82) is 0 Å². The van der Waals surface area contributed by atoms with E-state index >= 15 is 0 Å². The second-order valence-electron chi connectivity index (χ2n) is 5.31. The van der Waals surface area contributed by atoms with E-state index in [1.165, 1.54) is 0 Å². The normalized spacial score (nSPS) is 14.2. The van der Waals surface area contributed by atoms with Crippen molar-refractivity contribution in [3.63, 3.8) is 0 Å². The molecule has 0 aromatic carbocycles. The highest BCUT2D eigenvalue weighted by Crippen LogP contribution is 2.19. The summed E-state index contributed by atoms with van der Waals surface area (Å²) in [5.41, 5.74) is 1.29. The molecule has 0 radical (unpaired) electrons. The van der Waals surface area contributed by atoms with E-state index in [0.717, 1.165) is 30.7 Å². The number of amides is 1. The molecule has 1 atom stereocenters. The number of hydrogen-bond donors (Lipinski definition) is 2. The molecule has 1 heterocycles. The van der Waals surface area contributed by atoms with Gasteiger partial charge >= 0.3 is 0 Å². The maximum absolute atomic E-state index is 12.1. The summed E-state index contributed by atoms with van der Waals surface area (Å²) in [5, 5.41) is 9.97. The minimum Gasteiger partial charge on any atom is -0.360 e. The zero-order chi connectivity index (χ0) is 14.5. The fraction of sp³-hybridized carbons (Fsp3) is 0.714. The summed E-state index contributed by atoms with van der Waals surface area (Å²) in [6.45, 7) is 9.61. The van der Waals surface area contributed by atoms with Gasteiger partial charge in [0.25, 0.3) is 5.91 Å². The van der Waals surface area contributed by atoms with Crippen molar-refractivity contribution in [2.45, 2.75) is 40.5 Å². The molecule has 0 aliphatic carbocycles. The van der Waals surface area contributed by atoms with Gasteiger partial charge in [-0.25, -0.2) is 0 Å². The van der Waals surface area contributed by atoms with Crippen LogP contribution in [0.4, 0.5) is 0 Å². The summed E-state index contributed by atoms with van der Waals surface area (Å²) in [4.78, 5) is 12.1. The largest absolute Gasteiger partial charge is 0.360 e. The van der Waals surface area contributed by atoms with Crippen molar-refractivity contribution >= 4 is 5.91 Å². The predicted octanol–water partition coefficient (Wildman–Crippen LogP) is 1.91. The first-order valence-corrected chi connectivity index (χ1v) is 6.85. The van der Waals surface area contributed by atoms with Gasteiger partial charge in [0.15, 0.2) is 5.69 Å². The molecule has 0 fully saturated rings. The molecule has 0 aliphatic heterocycles. The number of hydrogen-bond acceptors (Lipinski definition) is 4. The van der Waals surface area contributed by atoms with Gasteiger partial charge in [0, 0.05) is 25.1 Å². The standard InChI is InChI=1S/C14H25N3O2/c1-6-11-10(3)12(17-19-11)13(18)16-9-14(4,7-2)8-15-5/h15H,6-9H2,1-5H3,(H,16,18). The first-order valence-electron chi connectivity index (χ1n) is 6.85. The van der Waals surface area contributed by atoms with E-state index in [0.29, 0.717) is 12.2 Å². The Morgan fingerprint density at radius 2 is 2.05 bits per heavy atom. The molecule has 0 bridgehead atoms. The minimum atomic E-state index is -0.156. The fourth-order valence-corrected chi connectivity index (χ4v) is 2.03. The lowest BCUT2D eigenvalue weighted by Gasteiger charge is -2.28. The molecule has 1 aromatic heterocycles. The van der Waals surface area contributed by atoms with Crippen molar-refractivity contribution in [2.24, 2.45) is 5.41 Å². The van der Waals surface area contributed by atoms with E-state index in [9.17, 15) is 4.79 Å². The van der Waals surface area contributed by atoms with Crippen LogP contribution in [0.3, 0.4) is 0 Å². The third kappa shape index (κ3) is 3.80. The number of carbonyl (C=O) groups is 1. The smallest absolute Gasteiger partial charge is 0.273 e. The summed E-state index contributed by atoms with van der Waals surface area (Å²) in [6.07, 6.45) is 1.74. The van der Waals surface area contributed by atoms with Crippen LogP contribution in [0.1, 0.15) is 49.0 Å². The zero-order valence-corrected chi connectivity index (χ0v) is 12.6. The molecule has 5 heteroatoms. The minimum absolute atomic E-state index is 0.0512. The van der Waals surface area contributed by atoms with Gasteiger partial charge in [-0.2, -0.15) is 0 Å². The summed E-state index contributed by atoms with van der Waals surface area (Å²) >= 11 is 0. The van der Waals surface area contributed by atoms with E-state index in [2.05, 4.69) is 29.6 Å². The molecule has 0 saturated carbocycles. The molecule has 1 aromatic rings. The second kappa shape index (κ2) is 6.70.